The van der Waals surface area contributed by atoms with E-state index >= 15 is 0 Å². The number of aryl methyl sites for hydroxylation is 1. The topological polar surface area (TPSA) is 42.9 Å². The van der Waals surface area contributed by atoms with Gasteiger partial charge in [-0.25, -0.2) is 0 Å². The third-order valence-corrected chi connectivity index (χ3v) is 2.62. The second-order valence-corrected chi connectivity index (χ2v) is 3.48. The Labute approximate surface area is 80.8 Å². The molecule has 0 amide bonds. The van der Waals surface area contributed by atoms with Crippen LogP contribution in [0, 0.1) is 0 Å². The van der Waals surface area contributed by atoms with Crippen molar-refractivity contribution in [2.75, 3.05) is 0 Å². The molecule has 0 atom stereocenters. The molecule has 0 spiro atoms. The highest BCUT2D eigenvalue weighted by molar-refractivity contribution is 6.03. The normalized spacial score (nSPS) is 14.7. The summed E-state index contributed by atoms with van der Waals surface area (Å²) >= 11 is 0. The van der Waals surface area contributed by atoms with E-state index in [1.165, 1.54) is 0 Å². The van der Waals surface area contributed by atoms with Crippen LogP contribution in [-0.2, 0) is 6.42 Å². The lowest BCUT2D eigenvalue weighted by Gasteiger charge is -1.99. The molecule has 3 nitrogen and oxygen atoms in total. The summed E-state index contributed by atoms with van der Waals surface area (Å²) in [6.45, 7) is 0. The Kier molecular flexibility index (Phi) is 1.42. The zero-order valence-corrected chi connectivity index (χ0v) is 7.53. The van der Waals surface area contributed by atoms with E-state index in [4.69, 9.17) is 0 Å². The molecule has 3 rings (SSSR count). The summed E-state index contributed by atoms with van der Waals surface area (Å²) in [5.41, 5.74) is 3.63. The van der Waals surface area contributed by atoms with Crippen LogP contribution in [0.25, 0.3) is 11.0 Å². The van der Waals surface area contributed by atoms with Gasteiger partial charge in [0.25, 0.3) is 0 Å². The average molecular weight is 184 g/mol. The van der Waals surface area contributed by atoms with E-state index in [1.54, 1.807) is 12.4 Å². The molecule has 1 aromatic heterocycles. The number of fused-ring (bicyclic) bond motifs is 2. The van der Waals surface area contributed by atoms with Crippen molar-refractivity contribution in [2.45, 2.75) is 12.8 Å². The van der Waals surface area contributed by atoms with Crippen molar-refractivity contribution in [2.24, 2.45) is 0 Å². The van der Waals surface area contributed by atoms with Gasteiger partial charge in [-0.2, -0.15) is 0 Å². The molecule has 0 saturated carbocycles. The molecule has 0 saturated heterocycles. The molecule has 0 N–H and O–H groups in total. The summed E-state index contributed by atoms with van der Waals surface area (Å²) in [5, 5.41) is 0. The van der Waals surface area contributed by atoms with E-state index < -0.39 is 0 Å². The van der Waals surface area contributed by atoms with Crippen molar-refractivity contribution < 1.29 is 4.79 Å². The Morgan fingerprint density at radius 2 is 1.71 bits per heavy atom. The molecule has 68 valence electrons. The molecule has 1 heterocycles. The molecule has 1 aliphatic rings. The maximum Gasteiger partial charge on any atom is 0.163 e. The highest BCUT2D eigenvalue weighted by atomic mass is 16.1. The highest BCUT2D eigenvalue weighted by Crippen LogP contribution is 2.25. The second kappa shape index (κ2) is 2.61. The fraction of sp³-hybridized carbons (Fsp3) is 0.182. The molecule has 0 radical (unpaired) electrons. The van der Waals surface area contributed by atoms with Crippen LogP contribution in [0.3, 0.4) is 0 Å². The molecule has 0 unspecified atom stereocenters. The third-order valence-electron chi connectivity index (χ3n) is 2.62. The van der Waals surface area contributed by atoms with E-state index in [0.29, 0.717) is 6.42 Å². The van der Waals surface area contributed by atoms with Crippen molar-refractivity contribution in [3.8, 4) is 0 Å². The van der Waals surface area contributed by atoms with E-state index in [0.717, 1.165) is 28.6 Å². The van der Waals surface area contributed by atoms with Crippen LogP contribution in [0.1, 0.15) is 22.3 Å². The molecule has 0 bridgehead atoms. The third kappa shape index (κ3) is 0.954. The zero-order valence-electron chi connectivity index (χ0n) is 7.53. The largest absolute Gasteiger partial charge is 0.294 e. The lowest BCUT2D eigenvalue weighted by molar-refractivity contribution is 0.0994. The van der Waals surface area contributed by atoms with Crippen LogP contribution in [0.2, 0.25) is 0 Å². The molecule has 1 aromatic carbocycles. The standard InChI is InChI=1S/C11H8N2O/c14-11-2-1-7-5-9-10(6-8(7)11)13-4-3-12-9/h3-6H,1-2H2. The van der Waals surface area contributed by atoms with Gasteiger partial charge in [0.05, 0.1) is 11.0 Å². The number of benzene rings is 1. The number of nitrogens with zero attached hydrogens (tertiary/aromatic N) is 2. The molecule has 0 fully saturated rings. The minimum Gasteiger partial charge on any atom is -0.294 e. The molecule has 2 aromatic rings. The van der Waals surface area contributed by atoms with Gasteiger partial charge in [0.15, 0.2) is 5.78 Å². The maximum atomic E-state index is 11.5. The fourth-order valence-corrected chi connectivity index (χ4v) is 1.90. The number of aromatic nitrogens is 2. The molecular formula is C11H8N2O. The molecule has 14 heavy (non-hydrogen) atoms. The Morgan fingerprint density at radius 1 is 1.00 bits per heavy atom. The van der Waals surface area contributed by atoms with Crippen LogP contribution < -0.4 is 0 Å². The molecule has 0 aliphatic heterocycles. The minimum absolute atomic E-state index is 0.229. The summed E-state index contributed by atoms with van der Waals surface area (Å²) in [6, 6.07) is 3.83. The van der Waals surface area contributed by atoms with Crippen LogP contribution in [0.15, 0.2) is 24.5 Å². The summed E-state index contributed by atoms with van der Waals surface area (Å²) < 4.78 is 0. The SMILES string of the molecule is O=C1CCc2cc3nccnc3cc21. The van der Waals surface area contributed by atoms with E-state index in [1.807, 2.05) is 12.1 Å². The van der Waals surface area contributed by atoms with E-state index in [-0.39, 0.29) is 5.78 Å². The van der Waals surface area contributed by atoms with Crippen molar-refractivity contribution in [1.82, 2.24) is 9.97 Å². The first kappa shape index (κ1) is 7.62. The fourth-order valence-electron chi connectivity index (χ4n) is 1.90. The minimum atomic E-state index is 0.229. The number of hydrogen-bond donors (Lipinski definition) is 0. The van der Waals surface area contributed by atoms with Crippen LogP contribution in [0.5, 0.6) is 0 Å². The van der Waals surface area contributed by atoms with E-state index in [2.05, 4.69) is 9.97 Å². The highest BCUT2D eigenvalue weighted by Gasteiger charge is 2.20. The van der Waals surface area contributed by atoms with Gasteiger partial charge < -0.3 is 0 Å². The van der Waals surface area contributed by atoms with Crippen molar-refractivity contribution in [1.29, 1.82) is 0 Å². The Hall–Kier alpha value is -1.77. The Morgan fingerprint density at radius 3 is 2.50 bits per heavy atom. The lowest BCUT2D eigenvalue weighted by Crippen LogP contribution is -1.92. The van der Waals surface area contributed by atoms with Crippen molar-refractivity contribution in [3.05, 3.63) is 35.7 Å². The summed E-state index contributed by atoms with van der Waals surface area (Å²) in [5.74, 6) is 0.229. The first-order chi connectivity index (χ1) is 6.84. The predicted molar refractivity (Wildman–Crippen MR) is 52.2 cm³/mol. The van der Waals surface area contributed by atoms with E-state index in [9.17, 15) is 4.79 Å². The van der Waals surface area contributed by atoms with Gasteiger partial charge in [-0.1, -0.05) is 0 Å². The van der Waals surface area contributed by atoms with Crippen LogP contribution in [0.4, 0.5) is 0 Å². The van der Waals surface area contributed by atoms with Gasteiger partial charge in [0, 0.05) is 24.4 Å². The Balaban J connectivity index is 2.38. The number of Topliss-reactive ketones (excluding diaryl/α,β-unsaturated/α-hetero) is 1. The predicted octanol–water partition coefficient (Wildman–Crippen LogP) is 1.76. The summed E-state index contributed by atoms with van der Waals surface area (Å²) in [7, 11) is 0. The average Bonchev–Trinajstić information content (AvgIpc) is 2.57. The first-order valence-corrected chi connectivity index (χ1v) is 4.61. The molecular weight excluding hydrogens is 176 g/mol. The van der Waals surface area contributed by atoms with Crippen molar-refractivity contribution >= 4 is 16.8 Å². The van der Waals surface area contributed by atoms with Gasteiger partial charge in [-0.05, 0) is 24.1 Å². The number of hydrogen-bond acceptors (Lipinski definition) is 3. The molecule has 1 aliphatic carbocycles. The van der Waals surface area contributed by atoms with Crippen LogP contribution >= 0.6 is 0 Å². The van der Waals surface area contributed by atoms with Crippen LogP contribution in [-0.4, -0.2) is 15.8 Å². The summed E-state index contributed by atoms with van der Waals surface area (Å²) in [6.07, 6.45) is 4.80. The monoisotopic (exact) mass is 184 g/mol. The van der Waals surface area contributed by atoms with Gasteiger partial charge >= 0.3 is 0 Å². The van der Waals surface area contributed by atoms with Gasteiger partial charge in [-0.15, -0.1) is 0 Å². The van der Waals surface area contributed by atoms with Gasteiger partial charge in [0.1, 0.15) is 0 Å². The quantitative estimate of drug-likeness (QED) is 0.626. The summed E-state index contributed by atoms with van der Waals surface area (Å²) in [4.78, 5) is 19.8. The number of carbonyl (C=O) groups is 1. The van der Waals surface area contributed by atoms with Gasteiger partial charge in [-0.3, -0.25) is 14.8 Å². The second-order valence-electron chi connectivity index (χ2n) is 3.48. The Bertz CT molecular complexity index is 534. The first-order valence-electron chi connectivity index (χ1n) is 4.61. The number of ketones is 1. The smallest absolute Gasteiger partial charge is 0.163 e. The lowest BCUT2D eigenvalue weighted by atomic mass is 10.1. The maximum absolute atomic E-state index is 11.5. The molecule has 3 heteroatoms. The number of rotatable bonds is 0. The van der Waals surface area contributed by atoms with Crippen molar-refractivity contribution in [3.63, 3.8) is 0 Å². The number of carbonyl (C=O) groups excluding carboxylic acids is 1. The zero-order chi connectivity index (χ0) is 9.54. The van der Waals surface area contributed by atoms with Gasteiger partial charge in [0.2, 0.25) is 0 Å².